The lowest BCUT2D eigenvalue weighted by atomic mass is 10.0. The van der Waals surface area contributed by atoms with E-state index in [0.717, 1.165) is 5.92 Å². The predicted octanol–water partition coefficient (Wildman–Crippen LogP) is 16.0. The molecule has 0 aliphatic rings. The van der Waals surface area contributed by atoms with Gasteiger partial charge in [-0.3, -0.25) is 0 Å². The lowest BCUT2D eigenvalue weighted by Crippen LogP contribution is -2.67. The van der Waals surface area contributed by atoms with Crippen LogP contribution in [-0.4, -0.2) is 25.8 Å². The first-order chi connectivity index (χ1) is 12.9. The molecule has 0 aromatic heterocycles. The van der Waals surface area contributed by atoms with Crippen LogP contribution in [0.1, 0.15) is 0 Å². The summed E-state index contributed by atoms with van der Waals surface area (Å²) in [6.45, 7) is 0. The van der Waals surface area contributed by atoms with E-state index in [0.29, 0.717) is 0 Å². The molecule has 0 aliphatic heterocycles. The van der Waals surface area contributed by atoms with E-state index in [1.165, 1.54) is 0 Å². The Morgan fingerprint density at radius 3 is 0.742 bits per heavy atom. The molecular weight excluding hydrogens is 1800 g/mol. The topological polar surface area (TPSA) is 0 Å². The molecule has 31 heavy (non-hydrogen) atoms. The highest BCUT2D eigenvalue weighted by molar-refractivity contribution is 9.43. The first-order valence-electron chi connectivity index (χ1n) is 6.22. The van der Waals surface area contributed by atoms with Gasteiger partial charge in [0.15, 0.2) is 2.14 Å². The molecule has 0 amide bonds. The summed E-state index contributed by atoms with van der Waals surface area (Å²) in [6.07, 6.45) is 0. The molecule has 21 heteroatoms. The third-order valence-electron chi connectivity index (χ3n) is 3.21. The molecule has 0 fully saturated rings. The fraction of sp³-hybridized carbons (Fsp3) is 0.900. The van der Waals surface area contributed by atoms with Crippen molar-refractivity contribution >= 4 is 335 Å². The van der Waals surface area contributed by atoms with Gasteiger partial charge in [-0.15, -0.1) is 0 Å². The van der Waals surface area contributed by atoms with Crippen LogP contribution in [0.2, 0.25) is 0 Å². The van der Waals surface area contributed by atoms with Crippen molar-refractivity contribution in [3.05, 3.63) is 5.92 Å². The van der Waals surface area contributed by atoms with Crippen LogP contribution in [0.4, 0.5) is 0 Å². The Balaban J connectivity index is 6.96. The molecule has 0 nitrogen and oxygen atoms in total. The van der Waals surface area contributed by atoms with Crippen molar-refractivity contribution < 1.29 is 0 Å². The monoisotopic (exact) mass is 1780 g/mol. The molecule has 0 aliphatic carbocycles. The lowest BCUT2D eigenvalue weighted by molar-refractivity contribution is 0.596. The predicted molar refractivity (Wildman–Crippen MR) is 215 cm³/mol. The van der Waals surface area contributed by atoms with Crippen molar-refractivity contribution in [2.24, 2.45) is 0 Å². The van der Waals surface area contributed by atoms with E-state index in [1.54, 1.807) is 0 Å². The maximum Gasteiger partial charge on any atom is 0.162 e. The molecule has 0 spiro atoms. The molecule has 0 saturated carbocycles. The maximum absolute atomic E-state index is 3.87. The molecule has 0 aromatic carbocycles. The number of halogens is 21. The minimum atomic E-state index is -1.06. The van der Waals surface area contributed by atoms with E-state index < -0.39 is 25.8 Å². The third-order valence-corrected chi connectivity index (χ3v) is 35.1. The number of alkyl halides is 21. The smallest absolute Gasteiger partial charge is 0.0692 e. The largest absolute Gasteiger partial charge is 0.162 e. The number of hydrogen-bond donors (Lipinski definition) is 0. The van der Waals surface area contributed by atoms with Crippen molar-refractivity contribution in [1.82, 2.24) is 0 Å². The van der Waals surface area contributed by atoms with E-state index in [2.05, 4.69) is 335 Å². The summed E-state index contributed by atoms with van der Waals surface area (Å²) >= 11 is 78.5. The Bertz CT molecular complexity index is 627. The second-order valence-electron chi connectivity index (χ2n) is 5.31. The SMILES string of the molecule is BrC(Br)(Br)[C](C(Br)(Br)Br)C(Br)(Br)C(Br)(Br)C(Br)(Br)C(Br)(Br)C(Br)(Br)C(Br)(Br)C(Br)(Br)Br. The van der Waals surface area contributed by atoms with Gasteiger partial charge in [-0.05, 0) is 0 Å². The zero-order valence-corrected chi connectivity index (χ0v) is 46.2. The van der Waals surface area contributed by atoms with Gasteiger partial charge in [-0.25, -0.2) is 0 Å². The minimum Gasteiger partial charge on any atom is -0.0692 e. The van der Waals surface area contributed by atoms with Crippen LogP contribution in [0.15, 0.2) is 0 Å². The Hall–Kier alpha value is 10.1. The van der Waals surface area contributed by atoms with Gasteiger partial charge in [0.05, 0.1) is 5.92 Å². The summed E-state index contributed by atoms with van der Waals surface area (Å²) in [7, 11) is 0. The van der Waals surface area contributed by atoms with Gasteiger partial charge in [0, 0.05) is 0 Å². The van der Waals surface area contributed by atoms with Crippen molar-refractivity contribution in [2.75, 3.05) is 0 Å². The maximum atomic E-state index is 3.87. The zero-order valence-electron chi connectivity index (χ0n) is 12.9. The lowest BCUT2D eigenvalue weighted by Gasteiger charge is -2.58. The molecular formula is C10Br21. The van der Waals surface area contributed by atoms with Gasteiger partial charge in [-0.1, -0.05) is 335 Å². The normalized spacial score (nSPS) is 16.8. The summed E-state index contributed by atoms with van der Waals surface area (Å²) in [4.78, 5) is 0. The van der Waals surface area contributed by atoms with Gasteiger partial charge < -0.3 is 0 Å². The van der Waals surface area contributed by atoms with Crippen LogP contribution in [0, 0.1) is 5.92 Å². The van der Waals surface area contributed by atoms with Gasteiger partial charge in [0.1, 0.15) is 23.7 Å². The highest BCUT2D eigenvalue weighted by Crippen LogP contribution is 2.79. The summed E-state index contributed by atoms with van der Waals surface area (Å²) in [6, 6.07) is 0. The number of rotatable bonds is 6. The number of hydrogen-bond acceptors (Lipinski definition) is 0. The molecule has 0 rings (SSSR count). The minimum absolute atomic E-state index is 0.731. The molecule has 0 unspecified atom stereocenters. The quantitative estimate of drug-likeness (QED) is 0.233. The second kappa shape index (κ2) is 13.6. The molecule has 187 valence electrons. The molecule has 0 bridgehead atoms. The van der Waals surface area contributed by atoms with Crippen LogP contribution in [0.5, 0.6) is 0 Å². The summed E-state index contributed by atoms with van der Waals surface area (Å²) in [5, 5.41) is 0. The van der Waals surface area contributed by atoms with Crippen molar-refractivity contribution in [2.45, 2.75) is 25.8 Å². The van der Waals surface area contributed by atoms with Crippen LogP contribution < -0.4 is 0 Å². The van der Waals surface area contributed by atoms with E-state index in [9.17, 15) is 0 Å². The average molecular weight is 1800 g/mol. The Kier molecular flexibility index (Phi) is 18.0. The molecule has 0 aromatic rings. The van der Waals surface area contributed by atoms with Gasteiger partial charge in [0.2, 0.25) is 0 Å². The second-order valence-corrected chi connectivity index (χ2v) is 46.3. The van der Waals surface area contributed by atoms with Gasteiger partial charge in [0.25, 0.3) is 0 Å². The van der Waals surface area contributed by atoms with Crippen molar-refractivity contribution in [3.8, 4) is 0 Å². The average Bonchev–Trinajstić information content (AvgIpc) is 2.40. The fourth-order valence-electron chi connectivity index (χ4n) is 1.64. The van der Waals surface area contributed by atoms with E-state index in [1.807, 2.05) is 0 Å². The Labute approximate surface area is 357 Å². The zero-order chi connectivity index (χ0) is 26.1. The highest BCUT2D eigenvalue weighted by Gasteiger charge is 2.77. The highest BCUT2D eigenvalue weighted by atomic mass is 80.0. The molecule has 0 atom stereocenters. The molecule has 0 saturated heterocycles. The third kappa shape index (κ3) is 8.63. The van der Waals surface area contributed by atoms with Crippen LogP contribution >= 0.6 is 335 Å². The van der Waals surface area contributed by atoms with Gasteiger partial charge >= 0.3 is 0 Å². The summed E-state index contributed by atoms with van der Waals surface area (Å²) in [5.41, 5.74) is 0. The van der Waals surface area contributed by atoms with Crippen LogP contribution in [-0.2, 0) is 0 Å². The van der Waals surface area contributed by atoms with Gasteiger partial charge in [-0.2, -0.15) is 0 Å². The van der Waals surface area contributed by atoms with E-state index >= 15 is 0 Å². The van der Waals surface area contributed by atoms with E-state index in [-0.39, 0.29) is 0 Å². The van der Waals surface area contributed by atoms with Crippen LogP contribution in [0.3, 0.4) is 0 Å². The first kappa shape index (κ1) is 41.1. The van der Waals surface area contributed by atoms with Crippen LogP contribution in [0.25, 0.3) is 0 Å². The fourth-order valence-corrected chi connectivity index (χ4v) is 24.5. The van der Waals surface area contributed by atoms with Crippen molar-refractivity contribution in [3.63, 3.8) is 0 Å². The summed E-state index contributed by atoms with van der Waals surface area (Å²) < 4.78 is -8.57. The Morgan fingerprint density at radius 2 is 0.516 bits per heavy atom. The standard InChI is InChI=1S/C10Br21/c11-2(12,1(3(13,14)15)4(16,17)18)5(19,20)6(21,22)7(23,24)8(25,26)9(27,28)10(29,30)31. The van der Waals surface area contributed by atoms with Crippen molar-refractivity contribution in [1.29, 1.82) is 0 Å². The van der Waals surface area contributed by atoms with E-state index in [4.69, 9.17) is 0 Å². The Morgan fingerprint density at radius 1 is 0.290 bits per heavy atom. The first-order valence-corrected chi connectivity index (χ1v) is 22.9. The molecule has 0 heterocycles. The molecule has 1 radical (unpaired) electrons. The molecule has 0 N–H and O–H groups in total. The summed E-state index contributed by atoms with van der Waals surface area (Å²) in [5.74, 6) is 0.731.